The highest BCUT2D eigenvalue weighted by atomic mass is 19.1. The SMILES string of the molecule is NC(=O)N(O)[C@@H]1CC[C@@H](c2ccccc2F)C1. The molecule has 1 aliphatic rings. The summed E-state index contributed by atoms with van der Waals surface area (Å²) in [6, 6.07) is 5.44. The molecule has 4 nitrogen and oxygen atoms in total. The van der Waals surface area contributed by atoms with Crippen molar-refractivity contribution >= 4 is 6.03 Å². The summed E-state index contributed by atoms with van der Waals surface area (Å²) in [4.78, 5) is 10.8. The Hall–Kier alpha value is -1.62. The topological polar surface area (TPSA) is 66.6 Å². The highest BCUT2D eigenvalue weighted by Gasteiger charge is 2.32. The van der Waals surface area contributed by atoms with Crippen LogP contribution in [0.25, 0.3) is 0 Å². The molecule has 2 amide bonds. The lowest BCUT2D eigenvalue weighted by atomic mass is 9.97. The van der Waals surface area contributed by atoms with Gasteiger partial charge in [-0.25, -0.2) is 14.2 Å². The predicted octanol–water partition coefficient (Wildman–Crippen LogP) is 2.23. The third kappa shape index (κ3) is 2.39. The molecule has 0 aromatic heterocycles. The first-order valence-electron chi connectivity index (χ1n) is 5.61. The van der Waals surface area contributed by atoms with Gasteiger partial charge in [0, 0.05) is 0 Å². The lowest BCUT2D eigenvalue weighted by molar-refractivity contribution is -0.0730. The lowest BCUT2D eigenvalue weighted by Crippen LogP contribution is -2.39. The maximum atomic E-state index is 13.6. The van der Waals surface area contributed by atoms with Crippen LogP contribution in [0.5, 0.6) is 0 Å². The number of carbonyl (C=O) groups excluding carboxylic acids is 1. The number of urea groups is 1. The second-order valence-electron chi connectivity index (χ2n) is 4.37. The zero-order chi connectivity index (χ0) is 12.4. The van der Waals surface area contributed by atoms with Crippen molar-refractivity contribution in [1.29, 1.82) is 0 Å². The van der Waals surface area contributed by atoms with E-state index in [-0.39, 0.29) is 17.8 Å². The lowest BCUT2D eigenvalue weighted by Gasteiger charge is -2.20. The normalized spacial score (nSPS) is 23.6. The van der Waals surface area contributed by atoms with Gasteiger partial charge in [-0.15, -0.1) is 0 Å². The third-order valence-corrected chi connectivity index (χ3v) is 3.32. The third-order valence-electron chi connectivity index (χ3n) is 3.32. The quantitative estimate of drug-likeness (QED) is 0.613. The van der Waals surface area contributed by atoms with Crippen molar-refractivity contribution in [3.8, 4) is 0 Å². The monoisotopic (exact) mass is 238 g/mol. The van der Waals surface area contributed by atoms with E-state index in [1.54, 1.807) is 18.2 Å². The van der Waals surface area contributed by atoms with E-state index in [4.69, 9.17) is 5.73 Å². The molecule has 92 valence electrons. The summed E-state index contributed by atoms with van der Waals surface area (Å²) in [7, 11) is 0. The standard InChI is InChI=1S/C12H15FN2O2/c13-11-4-2-1-3-10(11)8-5-6-9(7-8)15(17)12(14)16/h1-4,8-9,17H,5-7H2,(H2,14,16)/t8-,9-/m1/s1. The molecule has 0 saturated heterocycles. The molecule has 0 unspecified atom stereocenters. The van der Waals surface area contributed by atoms with Crippen LogP contribution in [0, 0.1) is 5.82 Å². The van der Waals surface area contributed by atoms with E-state index in [1.807, 2.05) is 0 Å². The molecule has 2 atom stereocenters. The number of hydroxylamine groups is 2. The first kappa shape index (κ1) is 11.9. The van der Waals surface area contributed by atoms with Gasteiger partial charge in [-0.2, -0.15) is 0 Å². The molecule has 0 spiro atoms. The van der Waals surface area contributed by atoms with Crippen molar-refractivity contribution in [3.63, 3.8) is 0 Å². The van der Waals surface area contributed by atoms with E-state index in [0.717, 1.165) is 6.42 Å². The van der Waals surface area contributed by atoms with Gasteiger partial charge in [-0.1, -0.05) is 18.2 Å². The van der Waals surface area contributed by atoms with Crippen LogP contribution in [-0.2, 0) is 0 Å². The molecule has 1 aliphatic carbocycles. The van der Waals surface area contributed by atoms with E-state index in [0.29, 0.717) is 23.5 Å². The average Bonchev–Trinajstić information content (AvgIpc) is 2.77. The number of nitrogens with zero attached hydrogens (tertiary/aromatic N) is 1. The zero-order valence-corrected chi connectivity index (χ0v) is 9.34. The van der Waals surface area contributed by atoms with Crippen molar-refractivity contribution in [2.24, 2.45) is 5.73 Å². The molecule has 1 fully saturated rings. The summed E-state index contributed by atoms with van der Waals surface area (Å²) in [5.41, 5.74) is 5.64. The van der Waals surface area contributed by atoms with Crippen molar-refractivity contribution in [3.05, 3.63) is 35.6 Å². The summed E-state index contributed by atoms with van der Waals surface area (Å²) in [5.74, 6) is -0.197. The molecule has 0 heterocycles. The highest BCUT2D eigenvalue weighted by molar-refractivity contribution is 5.70. The van der Waals surface area contributed by atoms with Crippen LogP contribution in [0.1, 0.15) is 30.7 Å². The largest absolute Gasteiger partial charge is 0.350 e. The zero-order valence-electron chi connectivity index (χ0n) is 9.34. The van der Waals surface area contributed by atoms with E-state index in [2.05, 4.69) is 0 Å². The minimum Gasteiger partial charge on any atom is -0.350 e. The molecule has 3 N–H and O–H groups in total. The molecular formula is C12H15FN2O2. The minimum atomic E-state index is -0.857. The van der Waals surface area contributed by atoms with Crippen LogP contribution < -0.4 is 5.73 Å². The van der Waals surface area contributed by atoms with Gasteiger partial charge >= 0.3 is 6.03 Å². The molecule has 5 heteroatoms. The Kier molecular flexibility index (Phi) is 3.28. The molecule has 0 aliphatic heterocycles. The van der Waals surface area contributed by atoms with Gasteiger partial charge in [0.05, 0.1) is 6.04 Å². The van der Waals surface area contributed by atoms with E-state index in [9.17, 15) is 14.4 Å². The number of amides is 2. The number of primary amides is 1. The predicted molar refractivity (Wildman–Crippen MR) is 60.0 cm³/mol. The van der Waals surface area contributed by atoms with Gasteiger partial charge in [-0.05, 0) is 36.8 Å². The van der Waals surface area contributed by atoms with Gasteiger partial charge in [0.25, 0.3) is 0 Å². The van der Waals surface area contributed by atoms with Crippen LogP contribution in [-0.4, -0.2) is 22.3 Å². The van der Waals surface area contributed by atoms with Gasteiger partial charge < -0.3 is 5.73 Å². The van der Waals surface area contributed by atoms with E-state index >= 15 is 0 Å². The van der Waals surface area contributed by atoms with Crippen molar-refractivity contribution < 1.29 is 14.4 Å². The van der Waals surface area contributed by atoms with Crippen LogP contribution >= 0.6 is 0 Å². The fourth-order valence-corrected chi connectivity index (χ4v) is 2.45. The fourth-order valence-electron chi connectivity index (χ4n) is 2.45. The number of halogens is 1. The van der Waals surface area contributed by atoms with Crippen molar-refractivity contribution in [2.75, 3.05) is 0 Å². The van der Waals surface area contributed by atoms with Gasteiger partial charge in [0.1, 0.15) is 5.82 Å². The first-order valence-corrected chi connectivity index (χ1v) is 5.61. The summed E-state index contributed by atoms with van der Waals surface area (Å²) in [6.45, 7) is 0. The molecule has 17 heavy (non-hydrogen) atoms. The number of nitrogens with two attached hydrogens (primary N) is 1. The minimum absolute atomic E-state index is 0.0372. The summed E-state index contributed by atoms with van der Waals surface area (Å²) >= 11 is 0. The number of hydrogen-bond donors (Lipinski definition) is 2. The van der Waals surface area contributed by atoms with E-state index in [1.165, 1.54) is 6.07 Å². The summed E-state index contributed by atoms with van der Waals surface area (Å²) < 4.78 is 13.6. The maximum Gasteiger partial charge on any atom is 0.338 e. The Bertz CT molecular complexity index is 425. The van der Waals surface area contributed by atoms with Gasteiger partial charge in [-0.3, -0.25) is 5.21 Å². The Morgan fingerprint density at radius 1 is 1.41 bits per heavy atom. The summed E-state index contributed by atoms with van der Waals surface area (Å²) in [5, 5.41) is 9.98. The second kappa shape index (κ2) is 4.71. The van der Waals surface area contributed by atoms with Crippen LogP contribution in [0.15, 0.2) is 24.3 Å². The smallest absolute Gasteiger partial charge is 0.338 e. The molecular weight excluding hydrogens is 223 g/mol. The van der Waals surface area contributed by atoms with Crippen molar-refractivity contribution in [1.82, 2.24) is 5.06 Å². The molecule has 1 aromatic carbocycles. The molecule has 2 rings (SSSR count). The first-order chi connectivity index (χ1) is 8.09. The molecule has 1 aromatic rings. The van der Waals surface area contributed by atoms with Gasteiger partial charge in [0.15, 0.2) is 0 Å². The Balaban J connectivity index is 2.08. The van der Waals surface area contributed by atoms with Gasteiger partial charge in [0.2, 0.25) is 0 Å². The maximum absolute atomic E-state index is 13.6. The van der Waals surface area contributed by atoms with Crippen LogP contribution in [0.3, 0.4) is 0 Å². The molecule has 1 saturated carbocycles. The number of benzene rings is 1. The summed E-state index contributed by atoms with van der Waals surface area (Å²) in [6.07, 6.45) is 1.93. The Labute approximate surface area is 98.8 Å². The Morgan fingerprint density at radius 2 is 2.12 bits per heavy atom. The average molecular weight is 238 g/mol. The number of hydrogen-bond acceptors (Lipinski definition) is 2. The number of rotatable bonds is 2. The Morgan fingerprint density at radius 3 is 2.76 bits per heavy atom. The second-order valence-corrected chi connectivity index (χ2v) is 4.37. The number of carbonyl (C=O) groups is 1. The van der Waals surface area contributed by atoms with Crippen LogP contribution in [0.2, 0.25) is 0 Å². The fraction of sp³-hybridized carbons (Fsp3) is 0.417. The van der Waals surface area contributed by atoms with E-state index < -0.39 is 6.03 Å². The van der Waals surface area contributed by atoms with Crippen LogP contribution in [0.4, 0.5) is 9.18 Å². The van der Waals surface area contributed by atoms with Crippen molar-refractivity contribution in [2.45, 2.75) is 31.2 Å². The molecule has 0 radical (unpaired) electrons. The highest BCUT2D eigenvalue weighted by Crippen LogP contribution is 2.37. The molecule has 0 bridgehead atoms.